The molecule has 0 fully saturated rings. The average molecular weight is 213 g/mol. The fourth-order valence-electron chi connectivity index (χ4n) is 1.20. The number of carbonyl (C=O) groups is 1. The number of halogens is 2. The lowest BCUT2D eigenvalue weighted by Gasteiger charge is -2.04. The Bertz CT molecular complexity index is 352. The van der Waals surface area contributed by atoms with Gasteiger partial charge in [-0.05, 0) is 30.2 Å². The molecular weight excluding hydrogens is 200 g/mol. The summed E-state index contributed by atoms with van der Waals surface area (Å²) < 4.78 is 25.8. The molecule has 2 nitrogen and oxygen atoms in total. The van der Waals surface area contributed by atoms with Crippen molar-refractivity contribution in [1.82, 2.24) is 5.32 Å². The lowest BCUT2D eigenvalue weighted by Crippen LogP contribution is -2.24. The van der Waals surface area contributed by atoms with Crippen LogP contribution in [-0.2, 0) is 11.2 Å². The first-order chi connectivity index (χ1) is 7.13. The number of amides is 1. The zero-order valence-corrected chi connectivity index (χ0v) is 8.52. The molecule has 0 aliphatic heterocycles. The molecule has 1 aromatic rings. The predicted molar refractivity (Wildman–Crippen MR) is 53.4 cm³/mol. The van der Waals surface area contributed by atoms with Gasteiger partial charge >= 0.3 is 0 Å². The van der Waals surface area contributed by atoms with E-state index >= 15 is 0 Å². The van der Waals surface area contributed by atoms with E-state index in [0.717, 1.165) is 18.2 Å². The zero-order valence-electron chi connectivity index (χ0n) is 8.52. The molecule has 4 heteroatoms. The van der Waals surface area contributed by atoms with Crippen LogP contribution < -0.4 is 5.32 Å². The van der Waals surface area contributed by atoms with Crippen LogP contribution in [0.1, 0.15) is 18.9 Å². The Morgan fingerprint density at radius 1 is 1.40 bits per heavy atom. The van der Waals surface area contributed by atoms with Gasteiger partial charge in [-0.1, -0.05) is 6.92 Å². The molecule has 0 aromatic heterocycles. The van der Waals surface area contributed by atoms with Gasteiger partial charge in [-0.25, -0.2) is 8.78 Å². The third-order valence-electron chi connectivity index (χ3n) is 2.05. The van der Waals surface area contributed by atoms with Crippen LogP contribution in [0.2, 0.25) is 0 Å². The summed E-state index contributed by atoms with van der Waals surface area (Å²) in [5.41, 5.74) is 0.284. The monoisotopic (exact) mass is 213 g/mol. The molecule has 0 heterocycles. The molecule has 0 spiro atoms. The Morgan fingerprint density at radius 2 is 2.13 bits per heavy atom. The van der Waals surface area contributed by atoms with Gasteiger partial charge in [0.1, 0.15) is 11.6 Å². The van der Waals surface area contributed by atoms with Gasteiger partial charge < -0.3 is 5.32 Å². The zero-order chi connectivity index (χ0) is 11.3. The highest BCUT2D eigenvalue weighted by Gasteiger charge is 2.04. The standard InChI is InChI=1S/C11H13F2NO/c1-2-11(15)14-6-5-8-7-9(12)3-4-10(8)13/h3-4,7H,2,5-6H2,1H3,(H,14,15). The van der Waals surface area contributed by atoms with Gasteiger partial charge in [0.15, 0.2) is 0 Å². The molecule has 0 aliphatic rings. The van der Waals surface area contributed by atoms with Crippen LogP contribution in [-0.4, -0.2) is 12.5 Å². The fraction of sp³-hybridized carbons (Fsp3) is 0.364. The summed E-state index contributed by atoms with van der Waals surface area (Å²) in [6.45, 7) is 2.06. The minimum absolute atomic E-state index is 0.0909. The third kappa shape index (κ3) is 3.65. The minimum atomic E-state index is -0.465. The molecule has 0 bridgehead atoms. The van der Waals surface area contributed by atoms with Crippen molar-refractivity contribution in [3.63, 3.8) is 0 Å². The van der Waals surface area contributed by atoms with E-state index in [1.54, 1.807) is 6.92 Å². The summed E-state index contributed by atoms with van der Waals surface area (Å²) in [6.07, 6.45) is 0.695. The van der Waals surface area contributed by atoms with Crippen LogP contribution >= 0.6 is 0 Å². The highest BCUT2D eigenvalue weighted by molar-refractivity contribution is 5.75. The molecule has 0 saturated heterocycles. The minimum Gasteiger partial charge on any atom is -0.356 e. The second-order valence-electron chi connectivity index (χ2n) is 3.19. The van der Waals surface area contributed by atoms with Crippen LogP contribution in [0.5, 0.6) is 0 Å². The van der Waals surface area contributed by atoms with Crippen molar-refractivity contribution in [3.8, 4) is 0 Å². The van der Waals surface area contributed by atoms with E-state index < -0.39 is 11.6 Å². The molecule has 1 N–H and O–H groups in total. The lowest BCUT2D eigenvalue weighted by molar-refractivity contribution is -0.120. The van der Waals surface area contributed by atoms with E-state index in [1.807, 2.05) is 0 Å². The summed E-state index contributed by atoms with van der Waals surface area (Å²) in [7, 11) is 0. The summed E-state index contributed by atoms with van der Waals surface area (Å²) in [5, 5.41) is 2.60. The van der Waals surface area contributed by atoms with Gasteiger partial charge in [0.05, 0.1) is 0 Å². The lowest BCUT2D eigenvalue weighted by atomic mass is 10.1. The Balaban J connectivity index is 2.50. The summed E-state index contributed by atoms with van der Waals surface area (Å²) in [6, 6.07) is 3.31. The number of hydrogen-bond donors (Lipinski definition) is 1. The number of hydrogen-bond acceptors (Lipinski definition) is 1. The molecule has 0 atom stereocenters. The summed E-state index contributed by atoms with van der Waals surface area (Å²) in [5.74, 6) is -0.998. The second-order valence-corrected chi connectivity index (χ2v) is 3.19. The fourth-order valence-corrected chi connectivity index (χ4v) is 1.20. The second kappa shape index (κ2) is 5.44. The van der Waals surface area contributed by atoms with E-state index in [2.05, 4.69) is 5.32 Å². The third-order valence-corrected chi connectivity index (χ3v) is 2.05. The molecule has 15 heavy (non-hydrogen) atoms. The van der Waals surface area contributed by atoms with Crippen molar-refractivity contribution in [2.45, 2.75) is 19.8 Å². The van der Waals surface area contributed by atoms with Crippen LogP contribution in [0.4, 0.5) is 8.78 Å². The first-order valence-electron chi connectivity index (χ1n) is 4.84. The van der Waals surface area contributed by atoms with E-state index in [0.29, 0.717) is 19.4 Å². The van der Waals surface area contributed by atoms with E-state index in [9.17, 15) is 13.6 Å². The maximum absolute atomic E-state index is 13.1. The topological polar surface area (TPSA) is 29.1 Å². The molecule has 1 aromatic carbocycles. The van der Waals surface area contributed by atoms with Crippen molar-refractivity contribution < 1.29 is 13.6 Å². The summed E-state index contributed by atoms with van der Waals surface area (Å²) in [4.78, 5) is 10.9. The van der Waals surface area contributed by atoms with Crippen molar-refractivity contribution in [2.75, 3.05) is 6.54 Å². The van der Waals surface area contributed by atoms with E-state index in [-0.39, 0.29) is 11.5 Å². The number of rotatable bonds is 4. The number of carbonyl (C=O) groups excluding carboxylic acids is 1. The molecule has 0 saturated carbocycles. The molecule has 1 rings (SSSR count). The average Bonchev–Trinajstić information content (AvgIpc) is 2.23. The first kappa shape index (κ1) is 11.6. The van der Waals surface area contributed by atoms with Crippen LogP contribution in [0, 0.1) is 11.6 Å². The molecule has 0 aliphatic carbocycles. The van der Waals surface area contributed by atoms with Crippen LogP contribution in [0.3, 0.4) is 0 Å². The Kier molecular flexibility index (Phi) is 4.21. The van der Waals surface area contributed by atoms with Crippen molar-refractivity contribution in [2.24, 2.45) is 0 Å². The van der Waals surface area contributed by atoms with E-state index in [4.69, 9.17) is 0 Å². The van der Waals surface area contributed by atoms with E-state index in [1.165, 1.54) is 0 Å². The molecule has 1 amide bonds. The van der Waals surface area contributed by atoms with Crippen molar-refractivity contribution in [3.05, 3.63) is 35.4 Å². The van der Waals surface area contributed by atoms with Gasteiger partial charge in [0.25, 0.3) is 0 Å². The first-order valence-corrected chi connectivity index (χ1v) is 4.84. The quantitative estimate of drug-likeness (QED) is 0.814. The van der Waals surface area contributed by atoms with Gasteiger partial charge in [0.2, 0.25) is 5.91 Å². The summed E-state index contributed by atoms with van der Waals surface area (Å²) >= 11 is 0. The largest absolute Gasteiger partial charge is 0.356 e. The maximum Gasteiger partial charge on any atom is 0.219 e. The Labute approximate surface area is 87.3 Å². The molecule has 0 unspecified atom stereocenters. The normalized spacial score (nSPS) is 10.1. The van der Waals surface area contributed by atoms with Gasteiger partial charge in [-0.2, -0.15) is 0 Å². The van der Waals surface area contributed by atoms with Crippen LogP contribution in [0.15, 0.2) is 18.2 Å². The molecular formula is C11H13F2NO. The predicted octanol–water partition coefficient (Wildman–Crippen LogP) is 2.03. The Morgan fingerprint density at radius 3 is 2.80 bits per heavy atom. The Hall–Kier alpha value is -1.45. The number of nitrogens with one attached hydrogen (secondary N) is 1. The van der Waals surface area contributed by atoms with Gasteiger partial charge in [0, 0.05) is 13.0 Å². The van der Waals surface area contributed by atoms with Gasteiger partial charge in [-0.3, -0.25) is 4.79 Å². The highest BCUT2D eigenvalue weighted by atomic mass is 19.1. The highest BCUT2D eigenvalue weighted by Crippen LogP contribution is 2.09. The maximum atomic E-state index is 13.1. The molecule has 82 valence electrons. The smallest absolute Gasteiger partial charge is 0.219 e. The van der Waals surface area contributed by atoms with Crippen molar-refractivity contribution >= 4 is 5.91 Å². The van der Waals surface area contributed by atoms with Gasteiger partial charge in [-0.15, -0.1) is 0 Å². The number of benzene rings is 1. The SMILES string of the molecule is CCC(=O)NCCc1cc(F)ccc1F. The molecule has 0 radical (unpaired) electrons. The van der Waals surface area contributed by atoms with Crippen molar-refractivity contribution in [1.29, 1.82) is 0 Å². The van der Waals surface area contributed by atoms with Crippen LogP contribution in [0.25, 0.3) is 0 Å².